The first kappa shape index (κ1) is 27.5. The second-order valence-electron chi connectivity index (χ2n) is 9.30. The maximum Gasteiger partial charge on any atom is 0.305 e. The monoisotopic (exact) mass is 491 g/mol. The summed E-state index contributed by atoms with van der Waals surface area (Å²) >= 11 is 0. The lowest BCUT2D eigenvalue weighted by molar-refractivity contribution is -0.147. The van der Waals surface area contributed by atoms with Crippen LogP contribution in [0.2, 0.25) is 0 Å². The molecule has 9 nitrogen and oxygen atoms in total. The number of ether oxygens (including phenoxy) is 3. The van der Waals surface area contributed by atoms with Crippen LogP contribution in [0.1, 0.15) is 25.3 Å². The molecule has 2 heterocycles. The molecule has 0 bridgehead atoms. The van der Waals surface area contributed by atoms with Gasteiger partial charge in [-0.3, -0.25) is 19.4 Å². The van der Waals surface area contributed by atoms with Crippen LogP contribution in [0.4, 0.5) is 0 Å². The number of benzene rings is 1. The van der Waals surface area contributed by atoms with E-state index in [2.05, 4.69) is 9.80 Å². The minimum Gasteiger partial charge on any atom is -0.463 e. The third-order valence-electron chi connectivity index (χ3n) is 6.35. The summed E-state index contributed by atoms with van der Waals surface area (Å²) in [5.74, 6) is -0.188. The van der Waals surface area contributed by atoms with Crippen LogP contribution >= 0.6 is 0 Å². The molecule has 2 aliphatic rings. The van der Waals surface area contributed by atoms with E-state index < -0.39 is 6.10 Å². The topological polar surface area (TPSA) is 91.8 Å². The molecule has 2 saturated heterocycles. The van der Waals surface area contributed by atoms with Gasteiger partial charge < -0.3 is 24.2 Å². The molecule has 3 rings (SSSR count). The number of β-amino-alcohol motifs (C(OH)–C–C–N with tert-alkyl or cyclic N) is 1. The minimum absolute atomic E-state index is 0.00208. The standard InChI is InChI=1S/C26H41N3O6/c1-2-6-26(32)35-21-23(30)18-28-13-16-34-24(19-28)20-29(10-9-27-11-14-33-15-12-27)25(31)17-22-7-4-3-5-8-22/h3-5,7-8,23-24,30H,2,6,9-21H2,1H3. The van der Waals surface area contributed by atoms with Gasteiger partial charge in [0, 0.05) is 58.8 Å². The van der Waals surface area contributed by atoms with Gasteiger partial charge in [-0.25, -0.2) is 0 Å². The summed E-state index contributed by atoms with van der Waals surface area (Å²) in [5, 5.41) is 10.3. The Morgan fingerprint density at radius 2 is 1.89 bits per heavy atom. The highest BCUT2D eigenvalue weighted by molar-refractivity contribution is 5.78. The summed E-state index contributed by atoms with van der Waals surface area (Å²) in [7, 11) is 0. The van der Waals surface area contributed by atoms with Crippen molar-refractivity contribution in [3.8, 4) is 0 Å². The van der Waals surface area contributed by atoms with E-state index in [1.54, 1.807) is 0 Å². The van der Waals surface area contributed by atoms with Gasteiger partial charge in [0.1, 0.15) is 12.7 Å². The Kier molecular flexibility index (Phi) is 11.9. The SMILES string of the molecule is CCCC(=O)OCC(O)CN1CCOC(CN(CCN2CCOCC2)C(=O)Cc2ccccc2)C1. The number of morpholine rings is 2. The van der Waals surface area contributed by atoms with E-state index in [1.807, 2.05) is 42.2 Å². The van der Waals surface area contributed by atoms with Crippen molar-refractivity contribution in [1.29, 1.82) is 0 Å². The lowest BCUT2D eigenvalue weighted by Crippen LogP contribution is -2.52. The van der Waals surface area contributed by atoms with Gasteiger partial charge in [0.2, 0.25) is 5.91 Å². The van der Waals surface area contributed by atoms with Crippen LogP contribution in [0.3, 0.4) is 0 Å². The molecule has 2 unspecified atom stereocenters. The largest absolute Gasteiger partial charge is 0.463 e. The van der Waals surface area contributed by atoms with Crippen LogP contribution in [0.5, 0.6) is 0 Å². The number of esters is 1. The molecule has 196 valence electrons. The maximum absolute atomic E-state index is 13.2. The number of carbonyl (C=O) groups excluding carboxylic acids is 2. The van der Waals surface area contributed by atoms with Crippen molar-refractivity contribution in [2.45, 2.75) is 38.4 Å². The summed E-state index contributed by atoms with van der Waals surface area (Å²) in [5.41, 5.74) is 1.00. The number of nitrogens with zero attached hydrogens (tertiary/aromatic N) is 3. The van der Waals surface area contributed by atoms with Crippen molar-refractivity contribution in [3.05, 3.63) is 35.9 Å². The molecule has 1 N–H and O–H groups in total. The molecular weight excluding hydrogens is 450 g/mol. The number of aliphatic hydroxyl groups is 1. The second kappa shape index (κ2) is 15.2. The zero-order valence-electron chi connectivity index (χ0n) is 21.0. The Hall–Kier alpha value is -2.04. The van der Waals surface area contributed by atoms with E-state index in [4.69, 9.17) is 14.2 Å². The van der Waals surface area contributed by atoms with E-state index in [9.17, 15) is 14.7 Å². The molecule has 1 aromatic carbocycles. The van der Waals surface area contributed by atoms with E-state index in [-0.39, 0.29) is 24.6 Å². The number of carbonyl (C=O) groups is 2. The van der Waals surface area contributed by atoms with Gasteiger partial charge in [-0.1, -0.05) is 37.3 Å². The first-order valence-electron chi connectivity index (χ1n) is 12.8. The van der Waals surface area contributed by atoms with Gasteiger partial charge in [0.15, 0.2) is 0 Å². The number of hydrogen-bond acceptors (Lipinski definition) is 8. The van der Waals surface area contributed by atoms with Crippen molar-refractivity contribution in [2.75, 3.05) is 78.8 Å². The third kappa shape index (κ3) is 10.2. The second-order valence-corrected chi connectivity index (χ2v) is 9.30. The van der Waals surface area contributed by atoms with Crippen molar-refractivity contribution in [1.82, 2.24) is 14.7 Å². The lowest BCUT2D eigenvalue weighted by atomic mass is 10.1. The van der Waals surface area contributed by atoms with E-state index >= 15 is 0 Å². The van der Waals surface area contributed by atoms with E-state index in [0.29, 0.717) is 52.2 Å². The Morgan fingerprint density at radius 3 is 2.63 bits per heavy atom. The normalized spacial score (nSPS) is 20.3. The molecule has 1 aromatic rings. The molecule has 2 atom stereocenters. The summed E-state index contributed by atoms with van der Waals surface area (Å²) in [6.45, 7) is 9.37. The lowest BCUT2D eigenvalue weighted by Gasteiger charge is -2.37. The molecule has 2 aliphatic heterocycles. The van der Waals surface area contributed by atoms with Gasteiger partial charge in [-0.05, 0) is 12.0 Å². The number of hydrogen-bond donors (Lipinski definition) is 1. The summed E-state index contributed by atoms with van der Waals surface area (Å²) in [4.78, 5) is 31.2. The average molecular weight is 492 g/mol. The number of amides is 1. The Balaban J connectivity index is 1.52. The Morgan fingerprint density at radius 1 is 1.14 bits per heavy atom. The molecule has 9 heteroatoms. The highest BCUT2D eigenvalue weighted by atomic mass is 16.5. The molecule has 0 aliphatic carbocycles. The first-order chi connectivity index (χ1) is 17.0. The van der Waals surface area contributed by atoms with Gasteiger partial charge in [-0.15, -0.1) is 0 Å². The van der Waals surface area contributed by atoms with Crippen LogP contribution in [0.25, 0.3) is 0 Å². The average Bonchev–Trinajstić information content (AvgIpc) is 2.87. The molecule has 0 saturated carbocycles. The fourth-order valence-corrected chi connectivity index (χ4v) is 4.41. The van der Waals surface area contributed by atoms with Crippen LogP contribution in [-0.2, 0) is 30.2 Å². The Bertz CT molecular complexity index is 759. The van der Waals surface area contributed by atoms with Gasteiger partial charge >= 0.3 is 5.97 Å². The molecular formula is C26H41N3O6. The number of rotatable bonds is 13. The molecule has 0 radical (unpaired) electrons. The fraction of sp³-hybridized carbons (Fsp3) is 0.692. The highest BCUT2D eigenvalue weighted by Gasteiger charge is 2.27. The smallest absolute Gasteiger partial charge is 0.305 e. The minimum atomic E-state index is -0.744. The van der Waals surface area contributed by atoms with Gasteiger partial charge in [0.05, 0.1) is 32.3 Å². The molecule has 35 heavy (non-hydrogen) atoms. The first-order valence-corrected chi connectivity index (χ1v) is 12.8. The highest BCUT2D eigenvalue weighted by Crippen LogP contribution is 2.11. The predicted molar refractivity (Wildman–Crippen MR) is 132 cm³/mol. The van der Waals surface area contributed by atoms with Gasteiger partial charge in [0.25, 0.3) is 0 Å². The van der Waals surface area contributed by atoms with Crippen molar-refractivity contribution in [2.24, 2.45) is 0 Å². The molecule has 0 aromatic heterocycles. The van der Waals surface area contributed by atoms with E-state index in [1.165, 1.54) is 0 Å². The molecule has 2 fully saturated rings. The van der Waals surface area contributed by atoms with Crippen LogP contribution < -0.4 is 0 Å². The van der Waals surface area contributed by atoms with Crippen LogP contribution in [0.15, 0.2) is 30.3 Å². The molecule has 0 spiro atoms. The van der Waals surface area contributed by atoms with Crippen molar-refractivity contribution >= 4 is 11.9 Å². The third-order valence-corrected chi connectivity index (χ3v) is 6.35. The molecule has 1 amide bonds. The van der Waals surface area contributed by atoms with Crippen LogP contribution in [0, 0.1) is 0 Å². The van der Waals surface area contributed by atoms with Crippen molar-refractivity contribution in [3.63, 3.8) is 0 Å². The zero-order chi connectivity index (χ0) is 24.9. The predicted octanol–water partition coefficient (Wildman–Crippen LogP) is 0.795. The van der Waals surface area contributed by atoms with E-state index in [0.717, 1.165) is 44.8 Å². The Labute approximate surface area is 208 Å². The fourth-order valence-electron chi connectivity index (χ4n) is 4.41. The van der Waals surface area contributed by atoms with Crippen LogP contribution in [-0.4, -0.2) is 123 Å². The number of aliphatic hydroxyl groups excluding tert-OH is 1. The summed E-state index contributed by atoms with van der Waals surface area (Å²) in [6, 6.07) is 9.81. The van der Waals surface area contributed by atoms with Crippen molar-refractivity contribution < 1.29 is 28.9 Å². The van der Waals surface area contributed by atoms with Gasteiger partial charge in [-0.2, -0.15) is 0 Å². The zero-order valence-corrected chi connectivity index (χ0v) is 21.0. The maximum atomic E-state index is 13.2. The summed E-state index contributed by atoms with van der Waals surface area (Å²) < 4.78 is 16.6. The summed E-state index contributed by atoms with van der Waals surface area (Å²) in [6.07, 6.45) is 0.575. The quantitative estimate of drug-likeness (QED) is 0.405.